The number of fused-ring (bicyclic) bond motifs is 1. The minimum absolute atomic E-state index is 0.173. The van der Waals surface area contributed by atoms with Gasteiger partial charge in [-0.1, -0.05) is 66.7 Å². The maximum Gasteiger partial charge on any atom is 0.336 e. The van der Waals surface area contributed by atoms with Crippen LogP contribution >= 0.6 is 23.1 Å². The minimum atomic E-state index is -1.42. The van der Waals surface area contributed by atoms with Gasteiger partial charge >= 0.3 is 11.9 Å². The fourth-order valence-electron chi connectivity index (χ4n) is 4.89. The smallest absolute Gasteiger partial charge is 0.336 e. The van der Waals surface area contributed by atoms with Crippen LogP contribution in [0.3, 0.4) is 0 Å². The largest absolute Gasteiger partial charge is 0.478 e. The summed E-state index contributed by atoms with van der Waals surface area (Å²) in [5.41, 5.74) is 2.08. The van der Waals surface area contributed by atoms with Crippen LogP contribution in [0.5, 0.6) is 0 Å². The Morgan fingerprint density at radius 3 is 2.15 bits per heavy atom. The van der Waals surface area contributed by atoms with Crippen molar-refractivity contribution in [2.75, 3.05) is 10.6 Å². The van der Waals surface area contributed by atoms with Gasteiger partial charge in [-0.15, -0.1) is 23.1 Å². The van der Waals surface area contributed by atoms with Crippen LogP contribution in [0.2, 0.25) is 0 Å². The Morgan fingerprint density at radius 1 is 0.702 bits per heavy atom. The predicted octanol–water partition coefficient (Wildman–Crippen LogP) is 8.08. The Labute approximate surface area is 276 Å². The highest BCUT2D eigenvalue weighted by molar-refractivity contribution is 8.00. The molecule has 0 saturated heterocycles. The average molecular weight is 660 g/mol. The van der Waals surface area contributed by atoms with Crippen LogP contribution in [-0.4, -0.2) is 39.0 Å². The van der Waals surface area contributed by atoms with Gasteiger partial charge in [0.05, 0.1) is 22.4 Å². The molecule has 1 heterocycles. The Kier molecular flexibility index (Phi) is 9.09. The van der Waals surface area contributed by atoms with Gasteiger partial charge in [0.25, 0.3) is 5.91 Å². The summed E-state index contributed by atoms with van der Waals surface area (Å²) in [5.74, 6) is -3.66. The van der Waals surface area contributed by atoms with Crippen molar-refractivity contribution >= 4 is 68.4 Å². The zero-order valence-corrected chi connectivity index (χ0v) is 26.0. The second kappa shape index (κ2) is 13.7. The molecule has 2 amide bonds. The molecule has 4 N–H and O–H groups in total. The molecule has 0 aliphatic rings. The summed E-state index contributed by atoms with van der Waals surface area (Å²) in [6, 6.07) is 33.7. The number of hydrogen-bond donors (Lipinski definition) is 4. The number of thioether (sulfide) groups is 1. The normalized spacial score (nSPS) is 11.5. The average Bonchev–Trinajstić information content (AvgIpc) is 3.56. The lowest BCUT2D eigenvalue weighted by molar-refractivity contribution is -0.115. The van der Waals surface area contributed by atoms with Crippen molar-refractivity contribution in [3.05, 3.63) is 143 Å². The highest BCUT2D eigenvalue weighted by Gasteiger charge is 2.24. The van der Waals surface area contributed by atoms with Gasteiger partial charge in [-0.25, -0.2) is 14.6 Å². The summed E-state index contributed by atoms with van der Waals surface area (Å²) in [4.78, 5) is 54.9. The van der Waals surface area contributed by atoms with Crippen molar-refractivity contribution in [3.63, 3.8) is 0 Å². The van der Waals surface area contributed by atoms with Crippen molar-refractivity contribution in [3.8, 4) is 11.3 Å². The second-order valence-electron chi connectivity index (χ2n) is 10.3. The van der Waals surface area contributed by atoms with Crippen molar-refractivity contribution in [2.24, 2.45) is 0 Å². The molecule has 11 heteroatoms. The van der Waals surface area contributed by atoms with Crippen LogP contribution in [0.4, 0.5) is 10.8 Å². The third-order valence-electron chi connectivity index (χ3n) is 7.23. The second-order valence-corrected chi connectivity index (χ2v) is 12.4. The number of anilines is 2. The van der Waals surface area contributed by atoms with E-state index in [0.717, 1.165) is 38.6 Å². The van der Waals surface area contributed by atoms with Gasteiger partial charge in [0.2, 0.25) is 5.91 Å². The van der Waals surface area contributed by atoms with Gasteiger partial charge < -0.3 is 20.8 Å². The Bertz CT molecular complexity index is 2130. The molecule has 0 bridgehead atoms. The van der Waals surface area contributed by atoms with Crippen molar-refractivity contribution < 1.29 is 29.4 Å². The fraction of sp³-hybridized carbons (Fsp3) is 0.0278. The molecule has 1 unspecified atom stereocenters. The van der Waals surface area contributed by atoms with E-state index in [4.69, 9.17) is 0 Å². The van der Waals surface area contributed by atoms with E-state index in [9.17, 15) is 29.4 Å². The summed E-state index contributed by atoms with van der Waals surface area (Å²) in [6.45, 7) is 0. The number of aromatic carboxylic acids is 2. The molecule has 0 saturated carbocycles. The number of thiazole rings is 1. The molecular formula is C36H25N3O6S2. The monoisotopic (exact) mass is 659 g/mol. The first-order chi connectivity index (χ1) is 22.7. The number of aromatic nitrogens is 1. The molecule has 9 nitrogen and oxygen atoms in total. The van der Waals surface area contributed by atoms with Crippen LogP contribution in [0.1, 0.15) is 41.9 Å². The number of benzene rings is 5. The summed E-state index contributed by atoms with van der Waals surface area (Å²) in [7, 11) is 0. The molecule has 232 valence electrons. The Hall–Kier alpha value is -5.78. The van der Waals surface area contributed by atoms with E-state index < -0.39 is 28.7 Å². The van der Waals surface area contributed by atoms with E-state index in [1.165, 1.54) is 35.2 Å². The van der Waals surface area contributed by atoms with Crippen molar-refractivity contribution in [1.82, 2.24) is 4.98 Å². The number of hydrogen-bond acceptors (Lipinski definition) is 7. The first-order valence-electron chi connectivity index (χ1n) is 14.2. The molecule has 0 radical (unpaired) electrons. The third-order valence-corrected chi connectivity index (χ3v) is 9.25. The third kappa shape index (κ3) is 7.22. The molecule has 0 aliphatic carbocycles. The molecular weight excluding hydrogens is 635 g/mol. The van der Waals surface area contributed by atoms with Crippen LogP contribution in [0.15, 0.2) is 126 Å². The van der Waals surface area contributed by atoms with Gasteiger partial charge in [-0.3, -0.25) is 9.59 Å². The molecule has 0 spiro atoms. The minimum Gasteiger partial charge on any atom is -0.478 e. The van der Waals surface area contributed by atoms with Gasteiger partial charge in [0, 0.05) is 21.5 Å². The number of nitrogens with zero attached hydrogens (tertiary/aromatic N) is 1. The number of carboxylic acids is 2. The van der Waals surface area contributed by atoms with E-state index in [-0.39, 0.29) is 17.0 Å². The van der Waals surface area contributed by atoms with Gasteiger partial charge in [0.1, 0.15) is 5.25 Å². The summed E-state index contributed by atoms with van der Waals surface area (Å²) >= 11 is 2.68. The maximum atomic E-state index is 13.7. The fourth-order valence-corrected chi connectivity index (χ4v) is 6.63. The van der Waals surface area contributed by atoms with Gasteiger partial charge in [0.15, 0.2) is 5.13 Å². The number of carbonyl (C=O) groups excluding carboxylic acids is 2. The van der Waals surface area contributed by atoms with E-state index in [1.54, 1.807) is 24.3 Å². The summed E-state index contributed by atoms with van der Waals surface area (Å²) in [5, 5.41) is 28.3. The molecule has 47 heavy (non-hydrogen) atoms. The van der Waals surface area contributed by atoms with Crippen molar-refractivity contribution in [1.29, 1.82) is 0 Å². The standard InChI is InChI=1S/C36H25N3O6S2/c40-32(28-17-12-25(34(42)43)19-29(28)35(44)45)37-26-13-15-27(16-14-26)47-31(22-7-2-1-3-8-22)33(41)39-36-38-30(20-46-36)24-11-10-21-6-4-5-9-23(21)18-24/h1-20,31H,(H,37,40)(H,42,43)(H,44,45)(H,38,39,41). The topological polar surface area (TPSA) is 146 Å². The predicted molar refractivity (Wildman–Crippen MR) is 183 cm³/mol. The van der Waals surface area contributed by atoms with Gasteiger partial charge in [-0.2, -0.15) is 0 Å². The summed E-state index contributed by atoms with van der Waals surface area (Å²) in [6.07, 6.45) is 0. The number of carboxylic acid groups (broad SMARTS) is 2. The highest BCUT2D eigenvalue weighted by atomic mass is 32.2. The quantitative estimate of drug-likeness (QED) is 0.108. The lowest BCUT2D eigenvalue weighted by Crippen LogP contribution is -2.19. The van der Waals surface area contributed by atoms with Crippen LogP contribution in [0, 0.1) is 0 Å². The van der Waals surface area contributed by atoms with E-state index in [2.05, 4.69) is 27.8 Å². The van der Waals surface area contributed by atoms with Crippen LogP contribution in [-0.2, 0) is 4.79 Å². The molecule has 1 aromatic heterocycles. The molecule has 6 aromatic rings. The first kappa shape index (κ1) is 31.2. The Morgan fingerprint density at radius 2 is 1.43 bits per heavy atom. The highest BCUT2D eigenvalue weighted by Crippen LogP contribution is 2.37. The van der Waals surface area contributed by atoms with Crippen molar-refractivity contribution in [2.45, 2.75) is 10.1 Å². The Balaban J connectivity index is 1.17. The molecule has 1 atom stereocenters. The van der Waals surface area contributed by atoms with E-state index >= 15 is 0 Å². The lowest BCUT2D eigenvalue weighted by Gasteiger charge is -2.16. The van der Waals surface area contributed by atoms with E-state index in [0.29, 0.717) is 10.8 Å². The maximum absolute atomic E-state index is 13.7. The molecule has 5 aromatic carbocycles. The van der Waals surface area contributed by atoms with Gasteiger partial charge in [-0.05, 0) is 64.9 Å². The molecule has 6 rings (SSSR count). The van der Waals surface area contributed by atoms with Crippen LogP contribution < -0.4 is 10.6 Å². The number of rotatable bonds is 10. The number of nitrogens with one attached hydrogen (secondary N) is 2. The number of amides is 2. The zero-order chi connectivity index (χ0) is 32.9. The first-order valence-corrected chi connectivity index (χ1v) is 16.0. The molecule has 0 aliphatic heterocycles. The SMILES string of the molecule is O=C(O)c1ccc(C(=O)Nc2ccc(SC(C(=O)Nc3nc(-c4ccc5ccccc5c4)cs3)c3ccccc3)cc2)c(C(=O)O)c1. The van der Waals surface area contributed by atoms with E-state index in [1.807, 2.05) is 66.0 Å². The lowest BCUT2D eigenvalue weighted by atomic mass is 10.0. The zero-order valence-electron chi connectivity index (χ0n) is 24.4. The van der Waals surface area contributed by atoms with Crippen LogP contribution in [0.25, 0.3) is 22.0 Å². The number of carbonyl (C=O) groups is 4. The molecule has 0 fully saturated rings. The summed E-state index contributed by atoms with van der Waals surface area (Å²) < 4.78 is 0.